The third-order valence-corrected chi connectivity index (χ3v) is 4.16. The molecule has 0 saturated heterocycles. The van der Waals surface area contributed by atoms with Crippen LogP contribution in [0.15, 0.2) is 70.4 Å². The lowest BCUT2D eigenvalue weighted by molar-refractivity contribution is -0.139. The number of hydrogen-bond acceptors (Lipinski definition) is 5. The van der Waals surface area contributed by atoms with E-state index in [4.69, 9.17) is 16.0 Å². The first kappa shape index (κ1) is 20.2. The number of aryl methyl sites for hydroxylation is 1. The highest BCUT2D eigenvalue weighted by Gasteiger charge is 2.12. The van der Waals surface area contributed by atoms with Crippen molar-refractivity contribution < 1.29 is 14.0 Å². The Morgan fingerprint density at radius 1 is 1.10 bits per heavy atom. The molecule has 8 heteroatoms. The fraction of sp³-hybridized carbons (Fsp3) is 0.0952. The zero-order valence-electron chi connectivity index (χ0n) is 15.6. The van der Waals surface area contributed by atoms with Crippen LogP contribution in [0.2, 0.25) is 5.02 Å². The van der Waals surface area contributed by atoms with Crippen LogP contribution in [0.5, 0.6) is 0 Å². The average Bonchev–Trinajstić information content (AvgIpc) is 3.23. The number of anilines is 2. The van der Waals surface area contributed by atoms with E-state index in [-0.39, 0.29) is 6.54 Å². The molecule has 0 aliphatic carbocycles. The number of hydrogen-bond donors (Lipinski definition) is 3. The van der Waals surface area contributed by atoms with Crippen molar-refractivity contribution in [3.05, 3.63) is 82.8 Å². The van der Waals surface area contributed by atoms with E-state index in [2.05, 4.69) is 21.2 Å². The van der Waals surface area contributed by atoms with E-state index in [9.17, 15) is 9.59 Å². The van der Waals surface area contributed by atoms with E-state index in [0.717, 1.165) is 16.9 Å². The Morgan fingerprint density at radius 3 is 2.62 bits per heavy atom. The number of hydrazone groups is 1. The average molecular weight is 411 g/mol. The minimum absolute atomic E-state index is 0.113. The molecule has 1 aromatic heterocycles. The van der Waals surface area contributed by atoms with Gasteiger partial charge in [0.05, 0.1) is 19.0 Å². The van der Waals surface area contributed by atoms with Crippen LogP contribution in [0, 0.1) is 6.92 Å². The van der Waals surface area contributed by atoms with E-state index >= 15 is 0 Å². The van der Waals surface area contributed by atoms with E-state index in [1.54, 1.807) is 30.3 Å². The van der Waals surface area contributed by atoms with Crippen LogP contribution < -0.4 is 16.1 Å². The predicted molar refractivity (Wildman–Crippen MR) is 112 cm³/mol. The Labute approximate surface area is 172 Å². The molecule has 1 heterocycles. The molecule has 7 nitrogen and oxygen atoms in total. The molecule has 0 spiro atoms. The van der Waals surface area contributed by atoms with Gasteiger partial charge in [-0.25, -0.2) is 5.43 Å². The quantitative estimate of drug-likeness (QED) is 0.327. The lowest BCUT2D eigenvalue weighted by atomic mass is 10.1. The molecule has 0 fully saturated rings. The predicted octanol–water partition coefficient (Wildman–Crippen LogP) is 3.75. The normalized spacial score (nSPS) is 10.7. The van der Waals surface area contributed by atoms with Crippen LogP contribution in [-0.4, -0.2) is 18.0 Å². The van der Waals surface area contributed by atoms with Gasteiger partial charge < -0.3 is 15.1 Å². The van der Waals surface area contributed by atoms with Gasteiger partial charge in [0.2, 0.25) is 0 Å². The maximum absolute atomic E-state index is 11.9. The maximum Gasteiger partial charge on any atom is 0.329 e. The molecule has 0 saturated carbocycles. The van der Waals surface area contributed by atoms with E-state index in [1.165, 1.54) is 12.5 Å². The number of amides is 2. The number of rotatable bonds is 6. The molecular formula is C21H19ClN4O3. The van der Waals surface area contributed by atoms with Crippen molar-refractivity contribution in [2.45, 2.75) is 13.5 Å². The molecule has 0 unspecified atom stereocenters. The van der Waals surface area contributed by atoms with Crippen molar-refractivity contribution in [1.29, 1.82) is 0 Å². The van der Waals surface area contributed by atoms with Crippen LogP contribution in [0.25, 0.3) is 0 Å². The highest BCUT2D eigenvalue weighted by atomic mass is 35.5. The Hall–Kier alpha value is -3.58. The maximum atomic E-state index is 11.9. The first-order valence-electron chi connectivity index (χ1n) is 8.78. The molecule has 0 atom stereocenters. The number of carbonyl (C=O) groups excluding carboxylic acids is 2. The molecule has 2 aromatic carbocycles. The number of carbonyl (C=O) groups is 2. The first-order valence-corrected chi connectivity index (χ1v) is 9.16. The zero-order valence-corrected chi connectivity index (χ0v) is 16.4. The van der Waals surface area contributed by atoms with Crippen molar-refractivity contribution in [2.24, 2.45) is 5.10 Å². The highest BCUT2D eigenvalue weighted by molar-refractivity contribution is 6.35. The lowest BCUT2D eigenvalue weighted by Gasteiger charge is -2.10. The van der Waals surface area contributed by atoms with E-state index < -0.39 is 11.8 Å². The third kappa shape index (κ3) is 5.95. The second kappa shape index (κ2) is 9.57. The molecular weight excluding hydrogens is 392 g/mol. The lowest BCUT2D eigenvalue weighted by Crippen LogP contribution is -2.37. The van der Waals surface area contributed by atoms with Crippen molar-refractivity contribution in [2.75, 3.05) is 5.32 Å². The summed E-state index contributed by atoms with van der Waals surface area (Å²) >= 11 is 6.07. The SMILES string of the molecule is Cc1ccc(Nc2ccc(Cl)cc2/C=N\NC(=O)C(=O)NCc2ccco2)cc1. The monoisotopic (exact) mass is 410 g/mol. The van der Waals surface area contributed by atoms with Gasteiger partial charge in [-0.3, -0.25) is 9.59 Å². The molecule has 29 heavy (non-hydrogen) atoms. The van der Waals surface area contributed by atoms with Gasteiger partial charge in [-0.2, -0.15) is 5.10 Å². The fourth-order valence-electron chi connectivity index (χ4n) is 2.42. The summed E-state index contributed by atoms with van der Waals surface area (Å²) in [6.45, 7) is 2.12. The van der Waals surface area contributed by atoms with Crippen LogP contribution in [0.4, 0.5) is 11.4 Å². The molecule has 0 bridgehead atoms. The third-order valence-electron chi connectivity index (χ3n) is 3.92. The summed E-state index contributed by atoms with van der Waals surface area (Å²) in [5.41, 5.74) is 5.64. The van der Waals surface area contributed by atoms with Crippen molar-refractivity contribution in [1.82, 2.24) is 10.7 Å². The van der Waals surface area contributed by atoms with Gasteiger partial charge in [0.15, 0.2) is 0 Å². The summed E-state index contributed by atoms with van der Waals surface area (Å²) in [5, 5.41) is 10.1. The summed E-state index contributed by atoms with van der Waals surface area (Å²) in [6, 6.07) is 16.5. The van der Waals surface area contributed by atoms with Gasteiger partial charge in [0, 0.05) is 22.0 Å². The largest absolute Gasteiger partial charge is 0.467 e. The second-order valence-corrected chi connectivity index (χ2v) is 6.62. The summed E-state index contributed by atoms with van der Waals surface area (Å²) in [7, 11) is 0. The number of benzene rings is 2. The summed E-state index contributed by atoms with van der Waals surface area (Å²) in [6.07, 6.45) is 2.90. The van der Waals surface area contributed by atoms with Gasteiger partial charge >= 0.3 is 11.8 Å². The smallest absolute Gasteiger partial charge is 0.329 e. The summed E-state index contributed by atoms with van der Waals surface area (Å²) in [5.74, 6) is -1.16. The van der Waals surface area contributed by atoms with Crippen LogP contribution in [-0.2, 0) is 16.1 Å². The fourth-order valence-corrected chi connectivity index (χ4v) is 2.60. The standard InChI is InChI=1S/C21H19ClN4O3/c1-14-4-7-17(8-5-14)25-19-9-6-16(22)11-15(19)12-24-26-21(28)20(27)23-13-18-3-2-10-29-18/h2-12,25H,13H2,1H3,(H,23,27)(H,26,28)/b24-12-. The molecule has 0 radical (unpaired) electrons. The molecule has 148 valence electrons. The Kier molecular flexibility index (Phi) is 6.65. The van der Waals surface area contributed by atoms with Crippen LogP contribution >= 0.6 is 11.6 Å². The minimum atomic E-state index is -0.886. The van der Waals surface area contributed by atoms with Crippen molar-refractivity contribution >= 4 is 41.0 Å². The van der Waals surface area contributed by atoms with E-state index in [1.807, 2.05) is 31.2 Å². The molecule has 0 aliphatic heterocycles. The Balaban J connectivity index is 1.61. The molecule has 3 rings (SSSR count). The Morgan fingerprint density at radius 2 is 1.90 bits per heavy atom. The highest BCUT2D eigenvalue weighted by Crippen LogP contribution is 2.23. The number of nitrogens with one attached hydrogen (secondary N) is 3. The van der Waals surface area contributed by atoms with Gasteiger partial charge in [0.1, 0.15) is 5.76 Å². The van der Waals surface area contributed by atoms with Gasteiger partial charge in [-0.1, -0.05) is 29.3 Å². The topological polar surface area (TPSA) is 95.7 Å². The van der Waals surface area contributed by atoms with Crippen LogP contribution in [0.1, 0.15) is 16.9 Å². The van der Waals surface area contributed by atoms with E-state index in [0.29, 0.717) is 16.3 Å². The van der Waals surface area contributed by atoms with Crippen LogP contribution in [0.3, 0.4) is 0 Å². The summed E-state index contributed by atoms with van der Waals surface area (Å²) in [4.78, 5) is 23.7. The molecule has 2 amide bonds. The second-order valence-electron chi connectivity index (χ2n) is 6.18. The zero-order chi connectivity index (χ0) is 20.6. The number of nitrogens with zero attached hydrogens (tertiary/aromatic N) is 1. The van der Waals surface area contributed by atoms with Gasteiger partial charge in [-0.15, -0.1) is 0 Å². The molecule has 3 aromatic rings. The Bertz CT molecular complexity index is 1010. The van der Waals surface area contributed by atoms with Crippen molar-refractivity contribution in [3.8, 4) is 0 Å². The van der Waals surface area contributed by atoms with Gasteiger partial charge in [0.25, 0.3) is 0 Å². The minimum Gasteiger partial charge on any atom is -0.467 e. The molecule has 0 aliphatic rings. The van der Waals surface area contributed by atoms with Crippen molar-refractivity contribution in [3.63, 3.8) is 0 Å². The van der Waals surface area contributed by atoms with Gasteiger partial charge in [-0.05, 0) is 49.4 Å². The number of furan rings is 1. The summed E-state index contributed by atoms with van der Waals surface area (Å²) < 4.78 is 5.09. The molecule has 3 N–H and O–H groups in total. The number of halogens is 1. The first-order chi connectivity index (χ1) is 14.0.